The first-order valence-electron chi connectivity index (χ1n) is 27.6. The molecule has 5 heteroatoms. The van der Waals surface area contributed by atoms with Crippen molar-refractivity contribution < 1.29 is 0 Å². The van der Waals surface area contributed by atoms with E-state index in [-0.39, 0.29) is 6.04 Å². The Morgan fingerprint density at radius 3 is 1.74 bits per heavy atom. The van der Waals surface area contributed by atoms with Crippen LogP contribution >= 0.6 is 0 Å². The molecule has 3 heterocycles. The van der Waals surface area contributed by atoms with Crippen LogP contribution in [0.4, 0.5) is 11.4 Å². The number of para-hydroxylation sites is 2. The minimum atomic E-state index is -0.468. The summed E-state index contributed by atoms with van der Waals surface area (Å²) in [6.07, 6.45) is 5.09. The highest BCUT2D eigenvalue weighted by Gasteiger charge is 2.40. The topological polar surface area (TPSA) is 44.9 Å². The van der Waals surface area contributed by atoms with Crippen LogP contribution in [0.5, 0.6) is 0 Å². The molecule has 0 bridgehead atoms. The van der Waals surface area contributed by atoms with Crippen molar-refractivity contribution in [1.82, 2.24) is 9.88 Å². The number of amidine groups is 2. The average molecular weight is 1020 g/mol. The number of nitrogens with one attached hydrogen (secondary N) is 1. The van der Waals surface area contributed by atoms with E-state index in [1.54, 1.807) is 0 Å². The van der Waals surface area contributed by atoms with Gasteiger partial charge in [0, 0.05) is 44.4 Å². The van der Waals surface area contributed by atoms with E-state index in [1.165, 1.54) is 55.2 Å². The Morgan fingerprint density at radius 1 is 0.400 bits per heavy atom. The molecule has 3 aliphatic rings. The van der Waals surface area contributed by atoms with E-state index in [4.69, 9.17) is 9.98 Å². The molecule has 0 radical (unpaired) electrons. The van der Waals surface area contributed by atoms with Crippen molar-refractivity contribution in [3.8, 4) is 50.2 Å². The third-order valence-corrected chi connectivity index (χ3v) is 16.2. The maximum Gasteiger partial charge on any atom is 0.161 e. The second kappa shape index (κ2) is 19.9. The van der Waals surface area contributed by atoms with Crippen molar-refractivity contribution in [2.45, 2.75) is 18.6 Å². The zero-order valence-corrected chi connectivity index (χ0v) is 43.9. The molecule has 12 aromatic rings. The smallest absolute Gasteiger partial charge is 0.161 e. The van der Waals surface area contributed by atoms with Crippen LogP contribution in [-0.2, 0) is 0 Å². The van der Waals surface area contributed by atoms with E-state index in [0.29, 0.717) is 5.84 Å². The largest absolute Gasteiger partial charge is 0.344 e. The lowest BCUT2D eigenvalue weighted by Gasteiger charge is -2.33. The molecule has 0 fully saturated rings. The molecule has 1 aliphatic carbocycles. The Morgan fingerprint density at radius 2 is 0.975 bits per heavy atom. The highest BCUT2D eigenvalue weighted by atomic mass is 15.2. The molecule has 0 saturated carbocycles. The fourth-order valence-electron chi connectivity index (χ4n) is 12.6. The van der Waals surface area contributed by atoms with Gasteiger partial charge in [0.2, 0.25) is 0 Å². The van der Waals surface area contributed by atoms with Gasteiger partial charge < -0.3 is 14.8 Å². The van der Waals surface area contributed by atoms with Gasteiger partial charge >= 0.3 is 0 Å². The molecule has 2 aliphatic heterocycles. The Bertz CT molecular complexity index is 4460. The first-order valence-corrected chi connectivity index (χ1v) is 27.6. The van der Waals surface area contributed by atoms with Gasteiger partial charge in [-0.2, -0.15) is 0 Å². The molecule has 2 unspecified atom stereocenters. The lowest BCUT2D eigenvalue weighted by Crippen LogP contribution is -2.35. The van der Waals surface area contributed by atoms with Crippen molar-refractivity contribution in [3.63, 3.8) is 0 Å². The summed E-state index contributed by atoms with van der Waals surface area (Å²) in [5.74, 6) is 1.42. The predicted molar refractivity (Wildman–Crippen MR) is 334 cm³/mol. The highest BCUT2D eigenvalue weighted by molar-refractivity contribution is 6.19. The number of rotatable bonds is 10. The van der Waals surface area contributed by atoms with Crippen molar-refractivity contribution in [2.24, 2.45) is 9.98 Å². The van der Waals surface area contributed by atoms with Crippen LogP contribution in [-0.4, -0.2) is 22.3 Å². The van der Waals surface area contributed by atoms with Gasteiger partial charge in [-0.15, -0.1) is 0 Å². The highest BCUT2D eigenvalue weighted by Crippen LogP contribution is 2.55. The molecule has 11 aromatic carbocycles. The van der Waals surface area contributed by atoms with Gasteiger partial charge in [0.25, 0.3) is 0 Å². The summed E-state index contributed by atoms with van der Waals surface area (Å²) >= 11 is 0. The Hall–Kier alpha value is -10.4. The van der Waals surface area contributed by atoms with Crippen molar-refractivity contribution in [3.05, 3.63) is 319 Å². The van der Waals surface area contributed by atoms with Gasteiger partial charge in [0.15, 0.2) is 5.84 Å². The van der Waals surface area contributed by atoms with Gasteiger partial charge in [-0.3, -0.25) is 0 Å². The summed E-state index contributed by atoms with van der Waals surface area (Å²) in [7, 11) is 0. The molecule has 1 N–H and O–H groups in total. The first kappa shape index (κ1) is 46.9. The lowest BCUT2D eigenvalue weighted by atomic mass is 9.85. The minimum Gasteiger partial charge on any atom is -0.344 e. The van der Waals surface area contributed by atoms with E-state index in [9.17, 15) is 0 Å². The maximum absolute atomic E-state index is 5.74. The van der Waals surface area contributed by atoms with Crippen LogP contribution in [0.3, 0.4) is 0 Å². The fraction of sp³-hybridized carbons (Fsp3) is 0.0400. The molecular weight excluding hydrogens is 971 g/mol. The van der Waals surface area contributed by atoms with Crippen molar-refractivity contribution >= 4 is 56.0 Å². The summed E-state index contributed by atoms with van der Waals surface area (Å²) in [5, 5.41) is 6.35. The molecular formula is C75H53N5. The summed E-state index contributed by atoms with van der Waals surface area (Å²) in [6.45, 7) is 0. The van der Waals surface area contributed by atoms with Crippen molar-refractivity contribution in [2.75, 3.05) is 4.90 Å². The molecule has 0 amide bonds. The number of hydrogen-bond donors (Lipinski definition) is 1. The van der Waals surface area contributed by atoms with E-state index in [0.717, 1.165) is 79.4 Å². The molecule has 15 rings (SSSR count). The van der Waals surface area contributed by atoms with Crippen LogP contribution in [0.2, 0.25) is 0 Å². The van der Waals surface area contributed by atoms with E-state index >= 15 is 0 Å². The zero-order valence-electron chi connectivity index (χ0n) is 43.9. The van der Waals surface area contributed by atoms with E-state index < -0.39 is 6.17 Å². The Balaban J connectivity index is 0.974. The van der Waals surface area contributed by atoms with Crippen LogP contribution < -0.4 is 10.2 Å². The maximum atomic E-state index is 5.74. The van der Waals surface area contributed by atoms with Gasteiger partial charge in [0.1, 0.15) is 12.0 Å². The number of allylic oxidation sites excluding steroid dienone is 2. The lowest BCUT2D eigenvalue weighted by molar-refractivity contribution is 0.676. The van der Waals surface area contributed by atoms with Gasteiger partial charge in [-0.25, -0.2) is 9.98 Å². The average Bonchev–Trinajstić information content (AvgIpc) is 4.15. The van der Waals surface area contributed by atoms with Crippen LogP contribution in [0, 0.1) is 0 Å². The number of anilines is 2. The number of fused-ring (bicyclic) bond motifs is 6. The van der Waals surface area contributed by atoms with Crippen LogP contribution in [0.25, 0.3) is 83.1 Å². The summed E-state index contributed by atoms with van der Waals surface area (Å²) < 4.78 is 2.42. The number of aromatic nitrogens is 1. The number of hydrogen-bond acceptors (Lipinski definition) is 4. The summed E-state index contributed by atoms with van der Waals surface area (Å²) in [4.78, 5) is 14.0. The third-order valence-electron chi connectivity index (χ3n) is 16.2. The molecule has 378 valence electrons. The molecule has 5 nitrogen and oxygen atoms in total. The Labute approximate surface area is 466 Å². The SMILES string of the molecule is C1=C(c2ccccc2)CC2C(=C1)c1c(-c3cccc4c3c3ccccc3n4-c3ccccc3)cccc1N2c1cc(-c2ccccc2)ccc1C1=NC(c2ccccc2-c2ccccc2)NC(c2cccc(-c3ccccc3)c2)=N1. The molecule has 80 heavy (non-hydrogen) atoms. The van der Waals surface area contributed by atoms with E-state index in [1.807, 2.05) is 0 Å². The zero-order chi connectivity index (χ0) is 52.9. The van der Waals surface area contributed by atoms with Gasteiger partial charge in [0.05, 0.1) is 22.8 Å². The first-order chi connectivity index (χ1) is 39.7. The molecule has 0 spiro atoms. The second-order valence-corrected chi connectivity index (χ2v) is 20.8. The van der Waals surface area contributed by atoms with Gasteiger partial charge in [-0.1, -0.05) is 243 Å². The monoisotopic (exact) mass is 1020 g/mol. The summed E-state index contributed by atoms with van der Waals surface area (Å²) in [6, 6.07) is 100. The fourth-order valence-corrected chi connectivity index (χ4v) is 12.6. The number of benzene rings is 11. The second-order valence-electron chi connectivity index (χ2n) is 20.8. The normalized spacial score (nSPS) is 15.6. The van der Waals surface area contributed by atoms with E-state index in [2.05, 4.69) is 306 Å². The standard InChI is InChI=1S/C75H53N5/c1-6-23-50(24-7-1)54-31-20-32-57(47-54)73-76-74(62-36-17-16-35-59(62)53-29-12-4-13-30-53)78-75(77-73)65-46-44-56(52-27-10-3-11-28-52)49-70(65)80-68-42-22-39-61(72(68)64-45-43-55(48-69(64)80)51-25-8-2-9-26-51)60-38-21-41-67-71(60)63-37-18-19-40-66(63)79(67)58-33-14-5-15-34-58/h1-47,49,69,74H,48H2,(H,76,77,78). The Kier molecular flexibility index (Phi) is 11.7. The third kappa shape index (κ3) is 8.18. The molecule has 0 saturated heterocycles. The van der Waals surface area contributed by atoms with Crippen molar-refractivity contribution in [1.29, 1.82) is 0 Å². The van der Waals surface area contributed by atoms with Gasteiger partial charge in [-0.05, 0) is 116 Å². The number of nitrogens with zero attached hydrogens (tertiary/aromatic N) is 4. The molecule has 2 atom stereocenters. The minimum absolute atomic E-state index is 0.0658. The number of aliphatic imine (C=N–C) groups is 2. The van der Waals surface area contributed by atoms with Crippen LogP contribution in [0.1, 0.15) is 40.4 Å². The van der Waals surface area contributed by atoms with Crippen LogP contribution in [0.15, 0.2) is 301 Å². The molecule has 1 aromatic heterocycles. The summed E-state index contributed by atoms with van der Waals surface area (Å²) in [5.41, 5.74) is 22.9. The quantitative estimate of drug-likeness (QED) is 0.148. The predicted octanol–water partition coefficient (Wildman–Crippen LogP) is 18.3.